The van der Waals surface area contributed by atoms with E-state index in [9.17, 15) is 4.79 Å². The number of carbonyl (C=O) groups is 1. The Hall–Kier alpha value is -2.14. The zero-order valence-electron chi connectivity index (χ0n) is 15.7. The number of pyridine rings is 1. The molecule has 0 aliphatic carbocycles. The molecule has 0 radical (unpaired) electrons. The Morgan fingerprint density at radius 3 is 2.58 bits per heavy atom. The highest BCUT2D eigenvalue weighted by molar-refractivity contribution is 9.10. The molecule has 3 rings (SSSR count). The third-order valence-corrected chi connectivity index (χ3v) is 4.99. The molecule has 136 valence electrons. The van der Waals surface area contributed by atoms with E-state index in [-0.39, 0.29) is 11.9 Å². The Morgan fingerprint density at radius 1 is 1.27 bits per heavy atom. The number of benzene rings is 1. The average Bonchev–Trinajstić information content (AvgIpc) is 2.98. The summed E-state index contributed by atoms with van der Waals surface area (Å²) in [5.74, 6) is 0.0192. The number of imidazole rings is 1. The quantitative estimate of drug-likeness (QED) is 0.588. The van der Waals surface area contributed by atoms with Gasteiger partial charge in [0.1, 0.15) is 11.3 Å². The van der Waals surface area contributed by atoms with Gasteiger partial charge in [-0.1, -0.05) is 37.3 Å². The van der Waals surface area contributed by atoms with Crippen LogP contribution in [0.5, 0.6) is 0 Å². The number of amides is 1. The van der Waals surface area contributed by atoms with Crippen molar-refractivity contribution in [3.63, 3.8) is 0 Å². The molecule has 1 amide bonds. The smallest absolute Gasteiger partial charge is 0.273 e. The zero-order chi connectivity index (χ0) is 18.8. The Balaban J connectivity index is 2.09. The van der Waals surface area contributed by atoms with Crippen molar-refractivity contribution in [1.29, 1.82) is 0 Å². The van der Waals surface area contributed by atoms with Crippen LogP contribution in [-0.4, -0.2) is 26.2 Å². The Morgan fingerprint density at radius 2 is 1.96 bits per heavy atom. The second kappa shape index (κ2) is 7.62. The largest absolute Gasteiger partial charge is 0.331 e. The lowest BCUT2D eigenvalue weighted by Crippen LogP contribution is -2.37. The predicted molar refractivity (Wildman–Crippen MR) is 108 cm³/mol. The second-order valence-corrected chi connectivity index (χ2v) is 7.72. The first-order valence-corrected chi connectivity index (χ1v) is 9.73. The van der Waals surface area contributed by atoms with Gasteiger partial charge in [0.15, 0.2) is 0 Å². The van der Waals surface area contributed by atoms with Crippen molar-refractivity contribution >= 4 is 27.5 Å². The SMILES string of the molecule is CCc1nc2c(C)cc(Br)cn2c1C(=O)N(Cc1ccccc1)C(C)C. The fraction of sp³-hybridized carbons (Fsp3) is 0.333. The lowest BCUT2D eigenvalue weighted by molar-refractivity contribution is 0.0682. The van der Waals surface area contributed by atoms with Gasteiger partial charge in [0.05, 0.1) is 5.69 Å². The van der Waals surface area contributed by atoms with Gasteiger partial charge in [-0.2, -0.15) is 0 Å². The molecule has 2 heterocycles. The molecule has 0 unspecified atom stereocenters. The summed E-state index contributed by atoms with van der Waals surface area (Å²) in [5, 5.41) is 0. The molecule has 0 bridgehead atoms. The van der Waals surface area contributed by atoms with Gasteiger partial charge in [0.2, 0.25) is 0 Å². The summed E-state index contributed by atoms with van der Waals surface area (Å²) in [7, 11) is 0. The molecular formula is C21H24BrN3O. The molecule has 0 aliphatic rings. The van der Waals surface area contributed by atoms with E-state index in [4.69, 9.17) is 4.98 Å². The summed E-state index contributed by atoms with van der Waals surface area (Å²) in [5.41, 5.74) is 4.52. The topological polar surface area (TPSA) is 37.6 Å². The number of aryl methyl sites for hydroxylation is 2. The van der Waals surface area contributed by atoms with E-state index in [2.05, 4.69) is 41.9 Å². The van der Waals surface area contributed by atoms with Crippen LogP contribution in [0, 0.1) is 6.92 Å². The van der Waals surface area contributed by atoms with E-state index in [0.717, 1.165) is 33.4 Å². The van der Waals surface area contributed by atoms with E-state index in [0.29, 0.717) is 12.2 Å². The van der Waals surface area contributed by atoms with Gasteiger partial charge in [-0.3, -0.25) is 9.20 Å². The van der Waals surface area contributed by atoms with Crippen LogP contribution in [0.25, 0.3) is 5.65 Å². The number of hydrogen-bond donors (Lipinski definition) is 0. The molecule has 5 heteroatoms. The van der Waals surface area contributed by atoms with Crippen LogP contribution in [0.2, 0.25) is 0 Å². The van der Waals surface area contributed by atoms with Crippen molar-refractivity contribution in [2.24, 2.45) is 0 Å². The van der Waals surface area contributed by atoms with Crippen LogP contribution in [0.3, 0.4) is 0 Å². The molecule has 0 saturated heterocycles. The van der Waals surface area contributed by atoms with Gasteiger partial charge in [-0.05, 0) is 60.3 Å². The molecule has 0 saturated carbocycles. The normalized spacial score (nSPS) is 11.3. The molecule has 2 aromatic heterocycles. The highest BCUT2D eigenvalue weighted by Crippen LogP contribution is 2.23. The molecular weight excluding hydrogens is 390 g/mol. The standard InChI is InChI=1S/C21H24BrN3O/c1-5-18-19(25-13-17(22)11-15(4)20(25)23-18)21(26)24(14(2)3)12-16-9-7-6-8-10-16/h6-11,13-14H,5,12H2,1-4H3. The number of aromatic nitrogens is 2. The molecule has 0 spiro atoms. The first-order chi connectivity index (χ1) is 12.4. The van der Waals surface area contributed by atoms with Crippen molar-refractivity contribution in [3.05, 3.63) is 69.6 Å². The fourth-order valence-corrected chi connectivity index (χ4v) is 3.74. The zero-order valence-corrected chi connectivity index (χ0v) is 17.2. The molecule has 4 nitrogen and oxygen atoms in total. The van der Waals surface area contributed by atoms with Gasteiger partial charge < -0.3 is 4.90 Å². The summed E-state index contributed by atoms with van der Waals surface area (Å²) >= 11 is 3.54. The van der Waals surface area contributed by atoms with Crippen molar-refractivity contribution < 1.29 is 4.79 Å². The summed E-state index contributed by atoms with van der Waals surface area (Å²) in [6.45, 7) is 8.75. The van der Waals surface area contributed by atoms with Crippen molar-refractivity contribution in [2.75, 3.05) is 0 Å². The highest BCUT2D eigenvalue weighted by Gasteiger charge is 2.26. The van der Waals surface area contributed by atoms with Crippen LogP contribution < -0.4 is 0 Å². The molecule has 3 aromatic rings. The number of fused-ring (bicyclic) bond motifs is 1. The number of rotatable bonds is 5. The van der Waals surface area contributed by atoms with E-state index in [1.165, 1.54) is 0 Å². The third kappa shape index (κ3) is 3.54. The minimum absolute atomic E-state index is 0.0192. The van der Waals surface area contributed by atoms with Crippen molar-refractivity contribution in [1.82, 2.24) is 14.3 Å². The lowest BCUT2D eigenvalue weighted by Gasteiger charge is -2.27. The maximum absolute atomic E-state index is 13.5. The van der Waals surface area contributed by atoms with E-state index < -0.39 is 0 Å². The maximum atomic E-state index is 13.5. The van der Waals surface area contributed by atoms with Gasteiger partial charge in [-0.25, -0.2) is 4.98 Å². The van der Waals surface area contributed by atoms with E-state index in [1.54, 1.807) is 0 Å². The monoisotopic (exact) mass is 413 g/mol. The second-order valence-electron chi connectivity index (χ2n) is 6.81. The van der Waals surface area contributed by atoms with Crippen LogP contribution >= 0.6 is 15.9 Å². The summed E-state index contributed by atoms with van der Waals surface area (Å²) in [6, 6.07) is 12.2. The van der Waals surface area contributed by atoms with Crippen LogP contribution in [0.1, 0.15) is 48.1 Å². The first-order valence-electron chi connectivity index (χ1n) is 8.94. The Kier molecular flexibility index (Phi) is 5.47. The van der Waals surface area contributed by atoms with E-state index >= 15 is 0 Å². The van der Waals surface area contributed by atoms with Crippen LogP contribution in [-0.2, 0) is 13.0 Å². The third-order valence-electron chi connectivity index (χ3n) is 4.56. The molecule has 0 atom stereocenters. The Bertz CT molecular complexity index is 931. The number of halogens is 1. The van der Waals surface area contributed by atoms with Crippen LogP contribution in [0.4, 0.5) is 0 Å². The van der Waals surface area contributed by atoms with E-state index in [1.807, 2.05) is 53.6 Å². The minimum Gasteiger partial charge on any atom is -0.331 e. The molecule has 0 N–H and O–H groups in total. The average molecular weight is 414 g/mol. The fourth-order valence-electron chi connectivity index (χ4n) is 3.19. The van der Waals surface area contributed by atoms with Gasteiger partial charge in [0.25, 0.3) is 5.91 Å². The Labute approximate surface area is 163 Å². The number of carbonyl (C=O) groups excluding carboxylic acids is 1. The molecule has 0 aliphatic heterocycles. The van der Waals surface area contributed by atoms with Gasteiger partial charge >= 0.3 is 0 Å². The molecule has 26 heavy (non-hydrogen) atoms. The summed E-state index contributed by atoms with van der Waals surface area (Å²) < 4.78 is 2.87. The first kappa shape index (κ1) is 18.6. The van der Waals surface area contributed by atoms with Gasteiger partial charge in [-0.15, -0.1) is 0 Å². The minimum atomic E-state index is 0.0192. The summed E-state index contributed by atoms with van der Waals surface area (Å²) in [6.07, 6.45) is 2.65. The number of nitrogens with zero attached hydrogens (tertiary/aromatic N) is 3. The lowest BCUT2D eigenvalue weighted by atomic mass is 10.1. The summed E-state index contributed by atoms with van der Waals surface area (Å²) in [4.78, 5) is 20.2. The van der Waals surface area contributed by atoms with Crippen molar-refractivity contribution in [2.45, 2.75) is 46.7 Å². The van der Waals surface area contributed by atoms with Crippen LogP contribution in [0.15, 0.2) is 47.1 Å². The molecule has 1 aromatic carbocycles. The van der Waals surface area contributed by atoms with Crippen molar-refractivity contribution in [3.8, 4) is 0 Å². The predicted octanol–water partition coefficient (Wildman–Crippen LogP) is 5.02. The highest BCUT2D eigenvalue weighted by atomic mass is 79.9. The van der Waals surface area contributed by atoms with Gasteiger partial charge in [0, 0.05) is 23.3 Å². The number of hydrogen-bond acceptors (Lipinski definition) is 2. The maximum Gasteiger partial charge on any atom is 0.273 e. The molecule has 0 fully saturated rings.